The van der Waals surface area contributed by atoms with E-state index in [1.807, 2.05) is 4.90 Å². The molecule has 0 aromatic heterocycles. The summed E-state index contributed by atoms with van der Waals surface area (Å²) in [5.74, 6) is -1.28. The molecular weight excluding hydrogens is 261 g/mol. The molecule has 0 spiro atoms. The van der Waals surface area contributed by atoms with Crippen LogP contribution in [-0.2, 0) is 4.79 Å². The van der Waals surface area contributed by atoms with Crippen LogP contribution in [0, 0.1) is 11.7 Å². The van der Waals surface area contributed by atoms with Gasteiger partial charge in [-0.05, 0) is 43.7 Å². The lowest BCUT2D eigenvalue weighted by molar-refractivity contribution is -0.137. The van der Waals surface area contributed by atoms with Gasteiger partial charge in [-0.2, -0.15) is 0 Å². The monoisotopic (exact) mass is 279 g/mol. The van der Waals surface area contributed by atoms with Gasteiger partial charge < -0.3 is 10.0 Å². The molecule has 0 aliphatic carbocycles. The molecule has 1 atom stereocenters. The molecule has 0 saturated carbocycles. The average Bonchev–Trinajstić information content (AvgIpc) is 2.45. The molecule has 1 saturated heterocycles. The summed E-state index contributed by atoms with van der Waals surface area (Å²) < 4.78 is 12.9. The summed E-state index contributed by atoms with van der Waals surface area (Å²) in [6.07, 6.45) is 1.79. The minimum atomic E-state index is -0.822. The van der Waals surface area contributed by atoms with Crippen LogP contribution in [0.1, 0.15) is 29.6 Å². The van der Waals surface area contributed by atoms with Crippen LogP contribution in [0.5, 0.6) is 0 Å². The Balaban J connectivity index is 1.96. The maximum Gasteiger partial charge on any atom is 0.304 e. The molecule has 2 rings (SSSR count). The van der Waals surface area contributed by atoms with Crippen LogP contribution in [0.3, 0.4) is 0 Å². The molecule has 0 bridgehead atoms. The molecule has 20 heavy (non-hydrogen) atoms. The Bertz CT molecular complexity index is 486. The van der Waals surface area contributed by atoms with E-state index in [1.165, 1.54) is 24.3 Å². The Labute approximate surface area is 117 Å². The third-order valence-corrected chi connectivity index (χ3v) is 3.65. The van der Waals surface area contributed by atoms with Gasteiger partial charge in [-0.25, -0.2) is 4.39 Å². The minimum Gasteiger partial charge on any atom is -0.481 e. The number of aliphatic carboxylic acids is 1. The van der Waals surface area contributed by atoms with Gasteiger partial charge in [-0.3, -0.25) is 9.59 Å². The summed E-state index contributed by atoms with van der Waals surface area (Å²) in [4.78, 5) is 24.9. The number of carbonyl (C=O) groups excluding carboxylic acids is 1. The van der Waals surface area contributed by atoms with Crippen LogP contribution in [0.25, 0.3) is 0 Å². The van der Waals surface area contributed by atoms with Crippen molar-refractivity contribution in [1.82, 2.24) is 4.90 Å². The zero-order valence-corrected chi connectivity index (χ0v) is 11.2. The maximum absolute atomic E-state index is 12.9. The second kappa shape index (κ2) is 6.61. The van der Waals surface area contributed by atoms with E-state index in [2.05, 4.69) is 0 Å². The smallest absolute Gasteiger partial charge is 0.304 e. The molecule has 4 nitrogen and oxygen atoms in total. The van der Waals surface area contributed by atoms with E-state index < -0.39 is 5.97 Å². The number of hydrogen-bond donors (Lipinski definition) is 1. The number of nitrogens with zero attached hydrogens (tertiary/aromatic N) is 1. The van der Waals surface area contributed by atoms with Gasteiger partial charge in [0, 0.05) is 24.6 Å². The fraction of sp³-hybridized carbons (Fsp3) is 0.467. The van der Waals surface area contributed by atoms with Crippen molar-refractivity contribution in [2.75, 3.05) is 19.6 Å². The van der Waals surface area contributed by atoms with Crippen LogP contribution >= 0.6 is 0 Å². The second-order valence-corrected chi connectivity index (χ2v) is 5.15. The molecule has 1 aliphatic rings. The Morgan fingerprint density at radius 3 is 2.65 bits per heavy atom. The van der Waals surface area contributed by atoms with Crippen molar-refractivity contribution in [3.63, 3.8) is 0 Å². The van der Waals surface area contributed by atoms with Gasteiger partial charge >= 0.3 is 5.97 Å². The molecular formula is C15H18FNO3. The standard InChI is InChI=1S/C15H18FNO3/c16-13-5-3-11(4-6-13)15(20)12-2-1-8-17(10-12)9-7-14(18)19/h3-6,12H,1-2,7-10H2,(H,18,19). The largest absolute Gasteiger partial charge is 0.481 e. The lowest BCUT2D eigenvalue weighted by atomic mass is 9.90. The molecule has 1 aliphatic heterocycles. The number of piperidine rings is 1. The van der Waals surface area contributed by atoms with Crippen molar-refractivity contribution in [3.05, 3.63) is 35.6 Å². The number of ketones is 1. The van der Waals surface area contributed by atoms with E-state index in [4.69, 9.17) is 5.11 Å². The topological polar surface area (TPSA) is 57.6 Å². The highest BCUT2D eigenvalue weighted by atomic mass is 19.1. The predicted molar refractivity (Wildman–Crippen MR) is 72.1 cm³/mol. The Morgan fingerprint density at radius 1 is 1.30 bits per heavy atom. The Morgan fingerprint density at radius 2 is 2.00 bits per heavy atom. The van der Waals surface area contributed by atoms with Gasteiger partial charge in [-0.1, -0.05) is 0 Å². The number of hydrogen-bond acceptors (Lipinski definition) is 3. The third-order valence-electron chi connectivity index (χ3n) is 3.65. The van der Waals surface area contributed by atoms with Gasteiger partial charge in [0.2, 0.25) is 0 Å². The van der Waals surface area contributed by atoms with Crippen LogP contribution in [0.2, 0.25) is 0 Å². The van der Waals surface area contributed by atoms with Crippen molar-refractivity contribution in [2.45, 2.75) is 19.3 Å². The summed E-state index contributed by atoms with van der Waals surface area (Å²) in [5.41, 5.74) is 0.525. The van der Waals surface area contributed by atoms with Gasteiger partial charge in [0.25, 0.3) is 0 Å². The molecule has 1 aromatic carbocycles. The molecule has 108 valence electrons. The van der Waals surface area contributed by atoms with E-state index in [0.717, 1.165) is 19.4 Å². The summed E-state index contributed by atoms with van der Waals surface area (Å²) in [6.45, 7) is 1.90. The number of Topliss-reactive ketones (excluding diaryl/α,β-unsaturated/α-hetero) is 1. The van der Waals surface area contributed by atoms with E-state index in [0.29, 0.717) is 18.7 Å². The van der Waals surface area contributed by atoms with E-state index in [1.54, 1.807) is 0 Å². The molecule has 1 N–H and O–H groups in total. The van der Waals surface area contributed by atoms with Crippen LogP contribution in [0.15, 0.2) is 24.3 Å². The number of carbonyl (C=O) groups is 2. The van der Waals surface area contributed by atoms with Crippen molar-refractivity contribution < 1.29 is 19.1 Å². The first-order valence-corrected chi connectivity index (χ1v) is 6.80. The molecule has 0 amide bonds. The summed E-state index contributed by atoms with van der Waals surface area (Å²) >= 11 is 0. The van der Waals surface area contributed by atoms with Crippen molar-refractivity contribution in [1.29, 1.82) is 0 Å². The Hall–Kier alpha value is -1.75. The highest BCUT2D eigenvalue weighted by Gasteiger charge is 2.26. The lowest BCUT2D eigenvalue weighted by Crippen LogP contribution is -2.39. The second-order valence-electron chi connectivity index (χ2n) is 5.15. The number of carboxylic acid groups (broad SMARTS) is 1. The average molecular weight is 279 g/mol. The summed E-state index contributed by atoms with van der Waals surface area (Å²) in [7, 11) is 0. The first-order chi connectivity index (χ1) is 9.56. The lowest BCUT2D eigenvalue weighted by Gasteiger charge is -2.31. The molecule has 1 unspecified atom stereocenters. The third kappa shape index (κ3) is 3.87. The summed E-state index contributed by atoms with van der Waals surface area (Å²) in [5, 5.41) is 8.69. The first kappa shape index (κ1) is 14.7. The zero-order valence-electron chi connectivity index (χ0n) is 11.2. The Kier molecular flexibility index (Phi) is 4.84. The molecule has 1 fully saturated rings. The fourth-order valence-corrected chi connectivity index (χ4v) is 2.58. The number of carboxylic acids is 1. The molecule has 5 heteroatoms. The highest BCUT2D eigenvalue weighted by Crippen LogP contribution is 2.21. The van der Waals surface area contributed by atoms with Gasteiger partial charge in [0.1, 0.15) is 5.82 Å². The molecule has 0 radical (unpaired) electrons. The first-order valence-electron chi connectivity index (χ1n) is 6.80. The van der Waals surface area contributed by atoms with Gasteiger partial charge in [0.15, 0.2) is 5.78 Å². The number of benzene rings is 1. The normalized spacial score (nSPS) is 19.8. The van der Waals surface area contributed by atoms with Crippen molar-refractivity contribution in [2.24, 2.45) is 5.92 Å². The van der Waals surface area contributed by atoms with E-state index in [-0.39, 0.29) is 23.9 Å². The fourth-order valence-electron chi connectivity index (χ4n) is 2.58. The number of halogens is 1. The maximum atomic E-state index is 12.9. The van der Waals surface area contributed by atoms with Crippen molar-refractivity contribution in [3.8, 4) is 0 Å². The molecule has 1 aromatic rings. The van der Waals surface area contributed by atoms with E-state index in [9.17, 15) is 14.0 Å². The SMILES string of the molecule is O=C(O)CCN1CCCC(C(=O)c2ccc(F)cc2)C1. The molecule has 1 heterocycles. The number of likely N-dealkylation sites (tertiary alicyclic amines) is 1. The summed E-state index contributed by atoms with van der Waals surface area (Å²) in [6, 6.07) is 5.60. The minimum absolute atomic E-state index is 0.0185. The predicted octanol–water partition coefficient (Wildman–Crippen LogP) is 2.20. The number of rotatable bonds is 5. The quantitative estimate of drug-likeness (QED) is 0.839. The van der Waals surface area contributed by atoms with Crippen molar-refractivity contribution >= 4 is 11.8 Å². The van der Waals surface area contributed by atoms with Gasteiger partial charge in [0.05, 0.1) is 6.42 Å². The van der Waals surface area contributed by atoms with Crippen LogP contribution < -0.4 is 0 Å². The zero-order chi connectivity index (χ0) is 14.5. The van der Waals surface area contributed by atoms with Crippen LogP contribution in [0.4, 0.5) is 4.39 Å². The van der Waals surface area contributed by atoms with E-state index >= 15 is 0 Å². The highest BCUT2D eigenvalue weighted by molar-refractivity contribution is 5.98. The van der Waals surface area contributed by atoms with Crippen LogP contribution in [-0.4, -0.2) is 41.4 Å². The van der Waals surface area contributed by atoms with Gasteiger partial charge in [-0.15, -0.1) is 0 Å².